The first-order chi connectivity index (χ1) is 12.2. The van der Waals surface area contributed by atoms with Crippen molar-refractivity contribution < 1.29 is 14.3 Å². The molecule has 25 heavy (non-hydrogen) atoms. The number of carbonyl (C=O) groups is 1. The Morgan fingerprint density at radius 1 is 1.16 bits per heavy atom. The lowest BCUT2D eigenvalue weighted by Crippen LogP contribution is -2.18. The van der Waals surface area contributed by atoms with Gasteiger partial charge in [0.15, 0.2) is 11.5 Å². The van der Waals surface area contributed by atoms with E-state index in [1.54, 1.807) is 36.4 Å². The summed E-state index contributed by atoms with van der Waals surface area (Å²) in [6.07, 6.45) is 1.42. The molecule has 126 valence electrons. The number of amides is 1. The Kier molecular flexibility index (Phi) is 3.95. The summed E-state index contributed by atoms with van der Waals surface area (Å²) in [6, 6.07) is 10.3. The van der Waals surface area contributed by atoms with Crippen LogP contribution in [0, 0.1) is 0 Å². The van der Waals surface area contributed by atoms with Gasteiger partial charge in [-0.15, -0.1) is 5.10 Å². The van der Waals surface area contributed by atoms with Crippen LogP contribution in [0.5, 0.6) is 11.5 Å². The molecule has 1 aromatic heterocycles. The quantitative estimate of drug-likeness (QED) is 0.773. The van der Waals surface area contributed by atoms with E-state index < -0.39 is 0 Å². The van der Waals surface area contributed by atoms with Crippen LogP contribution >= 0.6 is 11.6 Å². The highest BCUT2D eigenvalue weighted by atomic mass is 35.5. The van der Waals surface area contributed by atoms with E-state index in [0.717, 1.165) is 0 Å². The Labute approximate surface area is 147 Å². The Hall–Kier alpha value is -3.13. The molecule has 1 aliphatic heterocycles. The van der Waals surface area contributed by atoms with E-state index in [0.29, 0.717) is 46.7 Å². The molecule has 0 atom stereocenters. The van der Waals surface area contributed by atoms with Crippen molar-refractivity contribution in [2.45, 2.75) is 0 Å². The van der Waals surface area contributed by atoms with Gasteiger partial charge in [-0.3, -0.25) is 4.79 Å². The Morgan fingerprint density at radius 3 is 2.68 bits per heavy atom. The molecule has 0 saturated heterocycles. The van der Waals surface area contributed by atoms with Gasteiger partial charge < -0.3 is 14.8 Å². The molecule has 0 spiro atoms. The average molecular weight is 358 g/mol. The maximum atomic E-state index is 12.7. The predicted molar refractivity (Wildman–Crippen MR) is 89.5 cm³/mol. The van der Waals surface area contributed by atoms with Gasteiger partial charge in [0.1, 0.15) is 19.5 Å². The van der Waals surface area contributed by atoms with E-state index in [1.807, 2.05) is 0 Å². The van der Waals surface area contributed by atoms with Crippen molar-refractivity contribution >= 4 is 23.2 Å². The van der Waals surface area contributed by atoms with Gasteiger partial charge in [-0.2, -0.15) is 4.68 Å². The smallest absolute Gasteiger partial charge is 0.257 e. The van der Waals surface area contributed by atoms with Gasteiger partial charge >= 0.3 is 0 Å². The van der Waals surface area contributed by atoms with Crippen LogP contribution in [0.15, 0.2) is 42.7 Å². The minimum Gasteiger partial charge on any atom is -0.486 e. The Bertz CT molecular complexity index is 930. The number of hydrogen-bond donors (Lipinski definition) is 1. The van der Waals surface area contributed by atoms with Gasteiger partial charge in [0.05, 0.1) is 22.0 Å². The predicted octanol–water partition coefficient (Wildman–Crippen LogP) is 2.34. The van der Waals surface area contributed by atoms with E-state index >= 15 is 0 Å². The number of carbonyl (C=O) groups excluding carboxylic acids is 1. The van der Waals surface area contributed by atoms with Crippen molar-refractivity contribution in [1.82, 2.24) is 20.2 Å². The number of anilines is 1. The number of para-hydroxylation sites is 1. The Morgan fingerprint density at radius 2 is 1.92 bits per heavy atom. The minimum absolute atomic E-state index is 0.343. The van der Waals surface area contributed by atoms with Crippen LogP contribution in [0.25, 0.3) is 5.69 Å². The summed E-state index contributed by atoms with van der Waals surface area (Å²) in [5.41, 5.74) is 1.39. The largest absolute Gasteiger partial charge is 0.486 e. The number of benzene rings is 2. The zero-order valence-corrected chi connectivity index (χ0v) is 13.6. The standard InChI is InChI=1S/C16H12ClN5O3/c17-11-7-14-15(25-6-5-24-14)8-12(11)19-16(23)10-3-1-2-4-13(10)22-9-18-20-21-22/h1-4,7-9H,5-6H2,(H,19,23). The van der Waals surface area contributed by atoms with Crippen LogP contribution in [0.2, 0.25) is 5.02 Å². The third-order valence-corrected chi connectivity index (χ3v) is 3.94. The lowest BCUT2D eigenvalue weighted by molar-refractivity contribution is 0.102. The molecule has 9 heteroatoms. The fourth-order valence-electron chi connectivity index (χ4n) is 2.49. The number of rotatable bonds is 3. The molecule has 0 bridgehead atoms. The maximum Gasteiger partial charge on any atom is 0.257 e. The number of nitrogens with zero attached hydrogens (tertiary/aromatic N) is 4. The van der Waals surface area contributed by atoms with Crippen molar-refractivity contribution in [3.63, 3.8) is 0 Å². The highest BCUT2D eigenvalue weighted by molar-refractivity contribution is 6.34. The monoisotopic (exact) mass is 357 g/mol. The van der Waals surface area contributed by atoms with E-state index in [1.165, 1.54) is 11.0 Å². The third kappa shape index (κ3) is 2.99. The van der Waals surface area contributed by atoms with Gasteiger partial charge in [0, 0.05) is 12.1 Å². The molecule has 2 heterocycles. The number of halogens is 1. The molecule has 0 saturated carbocycles. The van der Waals surface area contributed by atoms with Crippen molar-refractivity contribution in [3.05, 3.63) is 53.3 Å². The first-order valence-corrected chi connectivity index (χ1v) is 7.83. The topological polar surface area (TPSA) is 91.2 Å². The lowest BCUT2D eigenvalue weighted by Gasteiger charge is -2.20. The van der Waals surface area contributed by atoms with Crippen molar-refractivity contribution in [3.8, 4) is 17.2 Å². The van der Waals surface area contributed by atoms with Crippen LogP contribution < -0.4 is 14.8 Å². The zero-order valence-electron chi connectivity index (χ0n) is 12.8. The number of ether oxygens (including phenoxy) is 2. The summed E-state index contributed by atoms with van der Waals surface area (Å²) in [6.45, 7) is 0.915. The minimum atomic E-state index is -0.343. The van der Waals surface area contributed by atoms with Crippen molar-refractivity contribution in [1.29, 1.82) is 0 Å². The molecule has 1 aliphatic rings. The van der Waals surface area contributed by atoms with Crippen molar-refractivity contribution in [2.24, 2.45) is 0 Å². The molecule has 0 fully saturated rings. The second kappa shape index (κ2) is 6.40. The van der Waals surface area contributed by atoms with Gasteiger partial charge in [-0.1, -0.05) is 23.7 Å². The van der Waals surface area contributed by atoms with Gasteiger partial charge in [0.2, 0.25) is 0 Å². The van der Waals surface area contributed by atoms with E-state index in [4.69, 9.17) is 21.1 Å². The van der Waals surface area contributed by atoms with Crippen LogP contribution in [0.1, 0.15) is 10.4 Å². The first-order valence-electron chi connectivity index (χ1n) is 7.45. The molecule has 0 aliphatic carbocycles. The lowest BCUT2D eigenvalue weighted by atomic mass is 10.1. The SMILES string of the molecule is O=C(Nc1cc2c(cc1Cl)OCCO2)c1ccccc1-n1cnnn1. The van der Waals surface area contributed by atoms with E-state index in [2.05, 4.69) is 20.8 Å². The highest BCUT2D eigenvalue weighted by Gasteiger charge is 2.18. The fourth-order valence-corrected chi connectivity index (χ4v) is 2.69. The highest BCUT2D eigenvalue weighted by Crippen LogP contribution is 2.38. The van der Waals surface area contributed by atoms with Gasteiger partial charge in [-0.25, -0.2) is 0 Å². The van der Waals surface area contributed by atoms with E-state index in [9.17, 15) is 4.79 Å². The third-order valence-electron chi connectivity index (χ3n) is 3.62. The molecule has 2 aromatic carbocycles. The van der Waals surface area contributed by atoms with Crippen LogP contribution in [-0.4, -0.2) is 39.3 Å². The van der Waals surface area contributed by atoms with Gasteiger partial charge in [0.25, 0.3) is 5.91 Å². The number of nitrogens with one attached hydrogen (secondary N) is 1. The summed E-state index contributed by atoms with van der Waals surface area (Å²) >= 11 is 6.24. The molecule has 3 aromatic rings. The average Bonchev–Trinajstić information content (AvgIpc) is 3.17. The Balaban J connectivity index is 1.65. The van der Waals surface area contributed by atoms with Crippen molar-refractivity contribution in [2.75, 3.05) is 18.5 Å². The summed E-state index contributed by atoms with van der Waals surface area (Å²) in [4.78, 5) is 12.7. The molecular weight excluding hydrogens is 346 g/mol. The van der Waals surface area contributed by atoms with E-state index in [-0.39, 0.29) is 5.91 Å². The second-order valence-electron chi connectivity index (χ2n) is 5.20. The summed E-state index contributed by atoms with van der Waals surface area (Å²) in [7, 11) is 0. The molecule has 4 rings (SSSR count). The molecule has 0 unspecified atom stereocenters. The number of fused-ring (bicyclic) bond motifs is 1. The number of aromatic nitrogens is 4. The number of hydrogen-bond acceptors (Lipinski definition) is 6. The molecular formula is C16H12ClN5O3. The van der Waals surface area contributed by atoms with Crippen LogP contribution in [-0.2, 0) is 0 Å². The summed E-state index contributed by atoms with van der Waals surface area (Å²) < 4.78 is 12.4. The molecule has 8 nitrogen and oxygen atoms in total. The zero-order chi connectivity index (χ0) is 17.2. The van der Waals surface area contributed by atoms with Crippen LogP contribution in [0.3, 0.4) is 0 Å². The molecule has 1 N–H and O–H groups in total. The normalized spacial score (nSPS) is 12.7. The summed E-state index contributed by atoms with van der Waals surface area (Å²) in [5.74, 6) is 0.757. The maximum absolute atomic E-state index is 12.7. The first kappa shape index (κ1) is 15.4. The second-order valence-corrected chi connectivity index (χ2v) is 5.61. The molecule has 0 radical (unpaired) electrons. The number of tetrazole rings is 1. The van der Waals surface area contributed by atoms with Crippen LogP contribution in [0.4, 0.5) is 5.69 Å². The fraction of sp³-hybridized carbons (Fsp3) is 0.125. The molecule has 1 amide bonds. The van der Waals surface area contributed by atoms with Gasteiger partial charge in [-0.05, 0) is 22.6 Å². The summed E-state index contributed by atoms with van der Waals surface area (Å²) in [5, 5.41) is 14.2.